The number of benzene rings is 4. The minimum Gasteiger partial charge on any atom is -0.507 e. The van der Waals surface area contributed by atoms with Gasteiger partial charge in [-0.05, 0) is 33.6 Å². The van der Waals surface area contributed by atoms with Gasteiger partial charge in [0.1, 0.15) is 5.75 Å². The third-order valence-corrected chi connectivity index (χ3v) is 5.16. The Morgan fingerprint density at radius 3 is 1.46 bits per heavy atom. The van der Waals surface area contributed by atoms with Crippen molar-refractivity contribution < 1.29 is 5.11 Å². The van der Waals surface area contributed by atoms with E-state index in [1.54, 1.807) is 0 Å². The van der Waals surface area contributed by atoms with Gasteiger partial charge in [-0.2, -0.15) is 0 Å². The van der Waals surface area contributed by atoms with Gasteiger partial charge in [-0.3, -0.25) is 0 Å². The van der Waals surface area contributed by atoms with Crippen molar-refractivity contribution in [2.24, 2.45) is 0 Å². The third kappa shape index (κ3) is 3.03. The molecule has 0 bridgehead atoms. The Morgan fingerprint density at radius 1 is 0.538 bits per heavy atom. The van der Waals surface area contributed by atoms with Gasteiger partial charge in [-0.15, -0.1) is 9.24 Å². The van der Waals surface area contributed by atoms with Crippen LogP contribution in [0.4, 0.5) is 0 Å². The number of aromatic hydroxyl groups is 1. The number of hydrogen-bond donors (Lipinski definition) is 1. The van der Waals surface area contributed by atoms with E-state index in [4.69, 9.17) is 0 Å². The van der Waals surface area contributed by atoms with E-state index in [0.717, 1.165) is 38.7 Å². The summed E-state index contributed by atoms with van der Waals surface area (Å²) in [6, 6.07) is 32.3. The molecule has 0 aliphatic heterocycles. The van der Waals surface area contributed by atoms with Crippen molar-refractivity contribution in [1.29, 1.82) is 0 Å². The van der Waals surface area contributed by atoms with Crippen LogP contribution in [0.15, 0.2) is 97.1 Å². The molecule has 126 valence electrons. The molecule has 1 nitrogen and oxygen atoms in total. The molecule has 0 aliphatic rings. The molecule has 4 rings (SSSR count). The summed E-state index contributed by atoms with van der Waals surface area (Å²) in [7, 11) is 2.89. The number of phenolic OH excluding ortho intramolecular Hbond substituents is 1. The van der Waals surface area contributed by atoms with E-state index in [1.165, 1.54) is 0 Å². The normalized spacial score (nSPS) is 10.7. The van der Waals surface area contributed by atoms with Crippen LogP contribution in [0, 0.1) is 0 Å². The van der Waals surface area contributed by atoms with Gasteiger partial charge in [0.2, 0.25) is 0 Å². The minimum absolute atomic E-state index is 0.292. The van der Waals surface area contributed by atoms with Crippen molar-refractivity contribution in [2.45, 2.75) is 0 Å². The van der Waals surface area contributed by atoms with Crippen LogP contribution < -0.4 is 5.30 Å². The Bertz CT molecular complexity index is 1030. The van der Waals surface area contributed by atoms with E-state index in [9.17, 15) is 5.11 Å². The van der Waals surface area contributed by atoms with Crippen LogP contribution in [0.25, 0.3) is 33.4 Å². The zero-order valence-electron chi connectivity index (χ0n) is 14.3. The highest BCUT2D eigenvalue weighted by atomic mass is 31.0. The van der Waals surface area contributed by atoms with E-state index in [1.807, 2.05) is 72.8 Å². The molecule has 0 fully saturated rings. The zero-order chi connectivity index (χ0) is 17.9. The maximum absolute atomic E-state index is 11.0. The number of hydrogen-bond acceptors (Lipinski definition) is 1. The summed E-state index contributed by atoms with van der Waals surface area (Å²) in [6.07, 6.45) is 0. The molecular formula is C24H19OP. The SMILES string of the molecule is Oc1cc(-c2ccccc2)c(P)c(-c2ccccc2)c1-c1ccccc1. The van der Waals surface area contributed by atoms with Crippen molar-refractivity contribution in [3.8, 4) is 39.1 Å². The topological polar surface area (TPSA) is 20.2 Å². The third-order valence-electron chi connectivity index (χ3n) is 4.56. The standard InChI is InChI=1S/C24H19OP/c25-21-16-20(17-10-4-1-5-11-17)24(26)23(19-14-8-3-9-15-19)22(21)18-12-6-2-7-13-18/h1-16,25H,26H2. The van der Waals surface area contributed by atoms with Gasteiger partial charge in [-0.25, -0.2) is 0 Å². The van der Waals surface area contributed by atoms with Gasteiger partial charge in [-0.1, -0.05) is 91.0 Å². The first-order valence-electron chi connectivity index (χ1n) is 8.57. The lowest BCUT2D eigenvalue weighted by atomic mass is 9.90. The second kappa shape index (κ2) is 7.15. The van der Waals surface area contributed by atoms with Gasteiger partial charge >= 0.3 is 0 Å². The zero-order valence-corrected chi connectivity index (χ0v) is 15.4. The van der Waals surface area contributed by atoms with Gasteiger partial charge in [0.05, 0.1) is 0 Å². The molecular weight excluding hydrogens is 335 g/mol. The lowest BCUT2D eigenvalue weighted by Crippen LogP contribution is -2.05. The van der Waals surface area contributed by atoms with E-state index in [-0.39, 0.29) is 0 Å². The van der Waals surface area contributed by atoms with Crippen LogP contribution in [0.1, 0.15) is 0 Å². The van der Waals surface area contributed by atoms with Crippen LogP contribution in [0.2, 0.25) is 0 Å². The predicted octanol–water partition coefficient (Wildman–Crippen LogP) is 5.89. The van der Waals surface area contributed by atoms with Gasteiger partial charge < -0.3 is 5.11 Å². The summed E-state index contributed by atoms with van der Waals surface area (Å²) in [5.41, 5.74) is 6.11. The first kappa shape index (κ1) is 16.6. The van der Waals surface area contributed by atoms with Crippen molar-refractivity contribution in [3.63, 3.8) is 0 Å². The Kier molecular flexibility index (Phi) is 4.56. The lowest BCUT2D eigenvalue weighted by molar-refractivity contribution is 0.478. The van der Waals surface area contributed by atoms with Crippen molar-refractivity contribution in [3.05, 3.63) is 97.1 Å². The van der Waals surface area contributed by atoms with Crippen LogP contribution in [-0.2, 0) is 0 Å². The predicted molar refractivity (Wildman–Crippen MR) is 114 cm³/mol. The smallest absolute Gasteiger partial charge is 0.124 e. The highest BCUT2D eigenvalue weighted by Crippen LogP contribution is 2.41. The quantitative estimate of drug-likeness (QED) is 0.455. The Morgan fingerprint density at radius 2 is 0.962 bits per heavy atom. The summed E-state index contributed by atoms with van der Waals surface area (Å²) in [6.45, 7) is 0. The first-order valence-corrected chi connectivity index (χ1v) is 9.15. The summed E-state index contributed by atoms with van der Waals surface area (Å²) in [5.74, 6) is 0.292. The summed E-state index contributed by atoms with van der Waals surface area (Å²) < 4.78 is 0. The van der Waals surface area contributed by atoms with E-state index < -0.39 is 0 Å². The Labute approximate surface area is 156 Å². The highest BCUT2D eigenvalue weighted by Gasteiger charge is 2.19. The average Bonchev–Trinajstić information content (AvgIpc) is 2.71. The molecule has 0 spiro atoms. The Hall–Kier alpha value is -2.89. The van der Waals surface area contributed by atoms with Crippen molar-refractivity contribution in [1.82, 2.24) is 0 Å². The summed E-state index contributed by atoms with van der Waals surface area (Å²) in [5, 5.41) is 12.0. The van der Waals surface area contributed by atoms with Gasteiger partial charge in [0.15, 0.2) is 0 Å². The van der Waals surface area contributed by atoms with E-state index >= 15 is 0 Å². The molecule has 4 aromatic carbocycles. The first-order chi connectivity index (χ1) is 12.8. The van der Waals surface area contributed by atoms with Crippen LogP contribution >= 0.6 is 9.24 Å². The molecule has 26 heavy (non-hydrogen) atoms. The van der Waals surface area contributed by atoms with Crippen LogP contribution in [-0.4, -0.2) is 5.11 Å². The molecule has 1 N–H and O–H groups in total. The van der Waals surface area contributed by atoms with E-state index in [2.05, 4.69) is 33.5 Å². The fraction of sp³-hybridized carbons (Fsp3) is 0. The molecule has 1 unspecified atom stereocenters. The maximum Gasteiger partial charge on any atom is 0.124 e. The lowest BCUT2D eigenvalue weighted by Gasteiger charge is -2.19. The van der Waals surface area contributed by atoms with Crippen LogP contribution in [0.3, 0.4) is 0 Å². The fourth-order valence-electron chi connectivity index (χ4n) is 3.34. The molecule has 0 saturated heterocycles. The largest absolute Gasteiger partial charge is 0.507 e. The average molecular weight is 354 g/mol. The monoisotopic (exact) mass is 354 g/mol. The number of phenols is 1. The summed E-state index contributed by atoms with van der Waals surface area (Å²) in [4.78, 5) is 0. The summed E-state index contributed by atoms with van der Waals surface area (Å²) >= 11 is 0. The van der Waals surface area contributed by atoms with Crippen molar-refractivity contribution in [2.75, 3.05) is 0 Å². The fourth-order valence-corrected chi connectivity index (χ4v) is 3.90. The second-order valence-electron chi connectivity index (χ2n) is 6.21. The highest BCUT2D eigenvalue weighted by molar-refractivity contribution is 7.28. The van der Waals surface area contributed by atoms with Crippen LogP contribution in [0.5, 0.6) is 5.75 Å². The molecule has 4 aromatic rings. The molecule has 0 radical (unpaired) electrons. The molecule has 0 aromatic heterocycles. The number of rotatable bonds is 3. The minimum atomic E-state index is 0.292. The molecule has 0 saturated carbocycles. The molecule has 0 heterocycles. The molecule has 1 atom stereocenters. The van der Waals surface area contributed by atoms with E-state index in [0.29, 0.717) is 5.75 Å². The maximum atomic E-state index is 11.0. The molecule has 2 heteroatoms. The molecule has 0 aliphatic carbocycles. The second-order valence-corrected chi connectivity index (χ2v) is 6.78. The van der Waals surface area contributed by atoms with Crippen molar-refractivity contribution >= 4 is 14.5 Å². The molecule has 0 amide bonds. The van der Waals surface area contributed by atoms with Gasteiger partial charge in [0.25, 0.3) is 0 Å². The Balaban J connectivity index is 2.06. The van der Waals surface area contributed by atoms with Gasteiger partial charge in [0, 0.05) is 11.1 Å².